The summed E-state index contributed by atoms with van der Waals surface area (Å²) in [6, 6.07) is 7.96. The number of nitrogens with zero attached hydrogens (tertiary/aromatic N) is 2. The fraction of sp³-hybridized carbons (Fsp3) is 0.308. The van der Waals surface area contributed by atoms with Crippen LogP contribution in [0.15, 0.2) is 30.3 Å². The first-order valence-electron chi connectivity index (χ1n) is 5.71. The van der Waals surface area contributed by atoms with Crippen LogP contribution in [-0.4, -0.2) is 33.7 Å². The fourth-order valence-electron chi connectivity index (χ4n) is 2.04. The van der Waals surface area contributed by atoms with Gasteiger partial charge in [-0.05, 0) is 12.5 Å². The Morgan fingerprint density at radius 1 is 1.22 bits per heavy atom. The monoisotopic (exact) mass is 246 g/mol. The van der Waals surface area contributed by atoms with Gasteiger partial charge in [-0.1, -0.05) is 30.3 Å². The highest BCUT2D eigenvalue weighted by Gasteiger charge is 2.44. The van der Waals surface area contributed by atoms with Crippen molar-refractivity contribution in [2.75, 3.05) is 0 Å². The standard InChI is InChI=1S/C13H14N2O3/c1-9-12(17)14(13(18)15(9)10(2)16)8-11-6-4-3-5-7-11/h3-7,9H,8H2,1-2H3. The number of imide groups is 2. The van der Waals surface area contributed by atoms with E-state index in [2.05, 4.69) is 0 Å². The summed E-state index contributed by atoms with van der Waals surface area (Å²) in [5.74, 6) is -0.740. The molecule has 94 valence electrons. The summed E-state index contributed by atoms with van der Waals surface area (Å²) < 4.78 is 0. The van der Waals surface area contributed by atoms with Gasteiger partial charge in [0.1, 0.15) is 6.04 Å². The van der Waals surface area contributed by atoms with Gasteiger partial charge in [0.05, 0.1) is 6.54 Å². The van der Waals surface area contributed by atoms with Gasteiger partial charge in [0, 0.05) is 6.92 Å². The van der Waals surface area contributed by atoms with E-state index in [9.17, 15) is 14.4 Å². The quantitative estimate of drug-likeness (QED) is 0.741. The maximum Gasteiger partial charge on any atom is 0.334 e. The number of hydrogen-bond donors (Lipinski definition) is 0. The number of benzene rings is 1. The predicted molar refractivity (Wildman–Crippen MR) is 64.4 cm³/mol. The Kier molecular flexibility index (Phi) is 3.14. The highest BCUT2D eigenvalue weighted by atomic mass is 16.2. The van der Waals surface area contributed by atoms with Crippen LogP contribution >= 0.6 is 0 Å². The second-order valence-electron chi connectivity index (χ2n) is 4.26. The van der Waals surface area contributed by atoms with Crippen LogP contribution < -0.4 is 0 Å². The van der Waals surface area contributed by atoms with Gasteiger partial charge in [-0.2, -0.15) is 0 Å². The topological polar surface area (TPSA) is 57.7 Å². The second-order valence-corrected chi connectivity index (χ2v) is 4.26. The molecule has 0 bridgehead atoms. The van der Waals surface area contributed by atoms with E-state index in [1.54, 1.807) is 6.92 Å². The van der Waals surface area contributed by atoms with Crippen LogP contribution in [0.2, 0.25) is 0 Å². The molecule has 1 fully saturated rings. The molecule has 1 unspecified atom stereocenters. The summed E-state index contributed by atoms with van der Waals surface area (Å²) in [4.78, 5) is 37.4. The van der Waals surface area contributed by atoms with Crippen LogP contribution in [0.25, 0.3) is 0 Å². The Balaban J connectivity index is 2.22. The summed E-state index contributed by atoms with van der Waals surface area (Å²) in [5, 5.41) is 0. The number of amides is 4. The van der Waals surface area contributed by atoms with E-state index < -0.39 is 18.0 Å². The third kappa shape index (κ3) is 1.99. The Bertz CT molecular complexity index is 498. The van der Waals surface area contributed by atoms with Crippen molar-refractivity contribution in [3.8, 4) is 0 Å². The molecule has 4 amide bonds. The van der Waals surface area contributed by atoms with Crippen LogP contribution in [0.4, 0.5) is 4.79 Å². The zero-order chi connectivity index (χ0) is 13.3. The maximum atomic E-state index is 12.0. The Labute approximate surface area is 105 Å². The molecule has 1 aliphatic rings. The lowest BCUT2D eigenvalue weighted by Gasteiger charge is -2.15. The van der Waals surface area contributed by atoms with Gasteiger partial charge in [0.2, 0.25) is 5.91 Å². The first-order chi connectivity index (χ1) is 8.52. The molecular weight excluding hydrogens is 232 g/mol. The van der Waals surface area contributed by atoms with Gasteiger partial charge in [-0.15, -0.1) is 0 Å². The summed E-state index contributed by atoms with van der Waals surface area (Å²) in [5.41, 5.74) is 0.858. The first kappa shape index (κ1) is 12.3. The number of rotatable bonds is 2. The number of carbonyl (C=O) groups is 3. The molecule has 0 N–H and O–H groups in total. The van der Waals surface area contributed by atoms with Gasteiger partial charge in [0.15, 0.2) is 0 Å². The van der Waals surface area contributed by atoms with Gasteiger partial charge >= 0.3 is 6.03 Å². The van der Waals surface area contributed by atoms with E-state index in [4.69, 9.17) is 0 Å². The Morgan fingerprint density at radius 3 is 2.33 bits per heavy atom. The third-order valence-corrected chi connectivity index (χ3v) is 2.97. The molecule has 1 saturated heterocycles. The second kappa shape index (κ2) is 4.60. The van der Waals surface area contributed by atoms with Gasteiger partial charge < -0.3 is 0 Å². The van der Waals surface area contributed by atoms with E-state index in [0.717, 1.165) is 15.4 Å². The van der Waals surface area contributed by atoms with Crippen molar-refractivity contribution in [3.05, 3.63) is 35.9 Å². The van der Waals surface area contributed by atoms with Crippen LogP contribution in [-0.2, 0) is 16.1 Å². The molecule has 1 aliphatic heterocycles. The van der Waals surface area contributed by atoms with E-state index in [1.807, 2.05) is 30.3 Å². The highest BCUT2D eigenvalue weighted by Crippen LogP contribution is 2.20. The molecule has 1 aromatic carbocycles. The van der Waals surface area contributed by atoms with E-state index in [0.29, 0.717) is 0 Å². The van der Waals surface area contributed by atoms with Crippen molar-refractivity contribution >= 4 is 17.8 Å². The number of hydrogen-bond acceptors (Lipinski definition) is 3. The molecule has 0 saturated carbocycles. The van der Waals surface area contributed by atoms with Gasteiger partial charge in [-0.25, -0.2) is 4.79 Å². The average molecular weight is 246 g/mol. The van der Waals surface area contributed by atoms with Crippen LogP contribution in [0.5, 0.6) is 0 Å². The lowest BCUT2D eigenvalue weighted by atomic mass is 10.2. The van der Waals surface area contributed by atoms with E-state index in [1.165, 1.54) is 6.92 Å². The number of carbonyl (C=O) groups excluding carboxylic acids is 3. The van der Waals surface area contributed by atoms with Crippen molar-refractivity contribution in [1.29, 1.82) is 0 Å². The lowest BCUT2D eigenvalue weighted by molar-refractivity contribution is -0.133. The molecule has 5 heteroatoms. The van der Waals surface area contributed by atoms with Crippen LogP contribution in [0, 0.1) is 0 Å². The smallest absolute Gasteiger partial charge is 0.275 e. The molecule has 0 aliphatic carbocycles. The highest BCUT2D eigenvalue weighted by molar-refractivity contribution is 6.11. The fourth-order valence-corrected chi connectivity index (χ4v) is 2.04. The lowest BCUT2D eigenvalue weighted by Crippen LogP contribution is -2.37. The molecule has 5 nitrogen and oxygen atoms in total. The van der Waals surface area contributed by atoms with Crippen LogP contribution in [0.1, 0.15) is 19.4 Å². The summed E-state index contributed by atoms with van der Waals surface area (Å²) in [7, 11) is 0. The molecule has 1 heterocycles. The minimum atomic E-state index is -0.710. The van der Waals surface area contributed by atoms with Crippen molar-refractivity contribution in [3.63, 3.8) is 0 Å². The summed E-state index contributed by atoms with van der Waals surface area (Å²) >= 11 is 0. The Morgan fingerprint density at radius 2 is 1.83 bits per heavy atom. The van der Waals surface area contributed by atoms with E-state index in [-0.39, 0.29) is 12.5 Å². The van der Waals surface area contributed by atoms with E-state index >= 15 is 0 Å². The van der Waals surface area contributed by atoms with Crippen LogP contribution in [0.3, 0.4) is 0 Å². The molecular formula is C13H14N2O3. The van der Waals surface area contributed by atoms with Crippen molar-refractivity contribution < 1.29 is 14.4 Å². The average Bonchev–Trinajstić information content (AvgIpc) is 2.55. The SMILES string of the molecule is CC(=O)N1C(=O)N(Cc2ccccc2)C(=O)C1C. The first-order valence-corrected chi connectivity index (χ1v) is 5.71. The third-order valence-electron chi connectivity index (χ3n) is 2.97. The minimum absolute atomic E-state index is 0.201. The molecule has 1 atom stereocenters. The maximum absolute atomic E-state index is 12.0. The van der Waals surface area contributed by atoms with Crippen molar-refractivity contribution in [2.45, 2.75) is 26.4 Å². The zero-order valence-corrected chi connectivity index (χ0v) is 10.3. The van der Waals surface area contributed by atoms with Crippen molar-refractivity contribution in [1.82, 2.24) is 9.80 Å². The minimum Gasteiger partial charge on any atom is -0.275 e. The molecule has 2 rings (SSSR count). The number of urea groups is 1. The zero-order valence-electron chi connectivity index (χ0n) is 10.3. The van der Waals surface area contributed by atoms with Gasteiger partial charge in [-0.3, -0.25) is 19.4 Å². The largest absolute Gasteiger partial charge is 0.334 e. The van der Waals surface area contributed by atoms with Crippen molar-refractivity contribution in [2.24, 2.45) is 0 Å². The summed E-state index contributed by atoms with van der Waals surface area (Å²) in [6.07, 6.45) is 0. The van der Waals surface area contributed by atoms with Gasteiger partial charge in [0.25, 0.3) is 5.91 Å². The normalized spacial score (nSPS) is 19.6. The molecule has 18 heavy (non-hydrogen) atoms. The molecule has 0 aromatic heterocycles. The molecule has 1 aromatic rings. The predicted octanol–water partition coefficient (Wildman–Crippen LogP) is 1.39. The Hall–Kier alpha value is -2.17. The summed E-state index contributed by atoms with van der Waals surface area (Å²) in [6.45, 7) is 3.05. The molecule has 0 radical (unpaired) electrons. The molecule has 0 spiro atoms.